The zero-order chi connectivity index (χ0) is 21.3. The Labute approximate surface area is 175 Å². The average molecular weight is 443 g/mol. The maximum absolute atomic E-state index is 13.7. The van der Waals surface area contributed by atoms with Crippen molar-refractivity contribution in [3.63, 3.8) is 0 Å². The maximum Gasteiger partial charge on any atom is 0.417 e. The number of carbonyl (C=O) groups is 2. The van der Waals surface area contributed by atoms with Crippen molar-refractivity contribution < 1.29 is 27.5 Å². The number of fused-ring (bicyclic) bond motifs is 1. The number of hydrogen-bond donors (Lipinski definition) is 0. The normalized spacial score (nSPS) is 13.9. The molecule has 1 aliphatic rings. The lowest BCUT2D eigenvalue weighted by Crippen LogP contribution is -2.14. The Morgan fingerprint density at radius 1 is 1.00 bits per heavy atom. The fraction of sp³-hybridized carbons (Fsp3) is 0.238. The van der Waals surface area contributed by atoms with Gasteiger partial charge < -0.3 is 4.74 Å². The van der Waals surface area contributed by atoms with Gasteiger partial charge in [-0.25, -0.2) is 4.79 Å². The quantitative estimate of drug-likeness (QED) is 0.326. The Bertz CT molecular complexity index is 1010. The van der Waals surface area contributed by atoms with Crippen LogP contribution in [0.15, 0.2) is 36.4 Å². The number of hydrogen-bond acceptors (Lipinski definition) is 3. The molecule has 0 N–H and O–H groups in total. The van der Waals surface area contributed by atoms with Crippen LogP contribution in [0.3, 0.4) is 0 Å². The lowest BCUT2D eigenvalue weighted by atomic mass is 9.94. The van der Waals surface area contributed by atoms with Gasteiger partial charge in [0.1, 0.15) is 0 Å². The van der Waals surface area contributed by atoms with Crippen LogP contribution in [0.1, 0.15) is 43.8 Å². The molecule has 0 spiro atoms. The molecule has 0 fully saturated rings. The smallest absolute Gasteiger partial charge is 0.417 e. The van der Waals surface area contributed by atoms with Crippen molar-refractivity contribution in [1.29, 1.82) is 0 Å². The Hall–Kier alpha value is -2.31. The predicted molar refractivity (Wildman–Crippen MR) is 105 cm³/mol. The van der Waals surface area contributed by atoms with Crippen LogP contribution in [0, 0.1) is 0 Å². The lowest BCUT2D eigenvalue weighted by Gasteiger charge is -2.14. The number of benzene rings is 2. The van der Waals surface area contributed by atoms with Crippen molar-refractivity contribution >= 4 is 40.5 Å². The summed E-state index contributed by atoms with van der Waals surface area (Å²) in [6.07, 6.45) is -2.49. The van der Waals surface area contributed by atoms with Crippen LogP contribution >= 0.6 is 23.2 Å². The molecule has 0 aromatic heterocycles. The van der Waals surface area contributed by atoms with E-state index in [1.807, 2.05) is 0 Å². The van der Waals surface area contributed by atoms with Crippen LogP contribution in [0.25, 0.3) is 5.57 Å². The van der Waals surface area contributed by atoms with E-state index < -0.39 is 23.5 Å². The molecule has 0 aliphatic heterocycles. The highest BCUT2D eigenvalue weighted by molar-refractivity contribution is 6.35. The first kappa shape index (κ1) is 21.4. The van der Waals surface area contributed by atoms with Crippen LogP contribution in [-0.4, -0.2) is 25.0 Å². The molecule has 0 amide bonds. The Morgan fingerprint density at radius 2 is 1.55 bits per heavy atom. The van der Waals surface area contributed by atoms with E-state index in [9.17, 15) is 22.8 Å². The molecule has 0 atom stereocenters. The van der Waals surface area contributed by atoms with Gasteiger partial charge in [-0.05, 0) is 72.4 Å². The zero-order valence-corrected chi connectivity index (χ0v) is 16.7. The number of methoxy groups -OCH3 is 1. The molecule has 152 valence electrons. The molecule has 0 saturated carbocycles. The summed E-state index contributed by atoms with van der Waals surface area (Å²) in [7, 11) is 1.25. The van der Waals surface area contributed by atoms with Gasteiger partial charge in [0.25, 0.3) is 0 Å². The molecule has 2 aromatic rings. The van der Waals surface area contributed by atoms with Crippen molar-refractivity contribution in [2.24, 2.45) is 0 Å². The van der Waals surface area contributed by atoms with Gasteiger partial charge in [-0.15, -0.1) is 0 Å². The molecule has 3 rings (SSSR count). The maximum atomic E-state index is 13.7. The molecule has 0 radical (unpaired) electrons. The summed E-state index contributed by atoms with van der Waals surface area (Å²) in [6.45, 7) is 0. The van der Waals surface area contributed by atoms with Crippen molar-refractivity contribution in [1.82, 2.24) is 0 Å². The summed E-state index contributed by atoms with van der Waals surface area (Å²) in [5.41, 5.74) is 0.260. The van der Waals surface area contributed by atoms with Gasteiger partial charge in [0, 0.05) is 15.6 Å². The number of ketones is 1. The van der Waals surface area contributed by atoms with Gasteiger partial charge in [-0.3, -0.25) is 4.79 Å². The number of rotatable bonds is 4. The first-order valence-corrected chi connectivity index (χ1v) is 9.40. The second-order valence-electron chi connectivity index (χ2n) is 6.54. The number of ether oxygens (including phenoxy) is 1. The van der Waals surface area contributed by atoms with Gasteiger partial charge in [0.15, 0.2) is 5.78 Å². The van der Waals surface area contributed by atoms with Gasteiger partial charge in [0.2, 0.25) is 0 Å². The summed E-state index contributed by atoms with van der Waals surface area (Å²) in [5.74, 6) is -1.34. The third kappa shape index (κ3) is 4.49. The largest absolute Gasteiger partial charge is 0.465 e. The highest BCUT2D eigenvalue weighted by Gasteiger charge is 2.36. The number of allylic oxidation sites excluding steroid dienone is 2. The average Bonchev–Trinajstić information content (AvgIpc) is 3.12. The molecule has 29 heavy (non-hydrogen) atoms. The fourth-order valence-electron chi connectivity index (χ4n) is 3.49. The van der Waals surface area contributed by atoms with Crippen LogP contribution in [0.4, 0.5) is 13.2 Å². The standard InChI is InChI=1S/C21H15Cl2F3O3/c1-29-20(28)17-6-5-16(14-3-2-4-15(14)17)19(27)10-18(21(24,25)26)11-7-12(22)9-13(23)8-11/h5-10H,2-4H2,1H3. The van der Waals surface area contributed by atoms with E-state index in [2.05, 4.69) is 0 Å². The monoisotopic (exact) mass is 442 g/mol. The molecule has 8 heteroatoms. The lowest BCUT2D eigenvalue weighted by molar-refractivity contribution is -0.0689. The number of esters is 1. The minimum Gasteiger partial charge on any atom is -0.465 e. The number of alkyl halides is 3. The van der Waals surface area contributed by atoms with Crippen LogP contribution in [0.2, 0.25) is 10.0 Å². The Kier molecular flexibility index (Phi) is 6.05. The summed E-state index contributed by atoms with van der Waals surface area (Å²) in [4.78, 5) is 24.7. The molecule has 0 bridgehead atoms. The minimum absolute atomic E-state index is 0.0263. The topological polar surface area (TPSA) is 43.4 Å². The van der Waals surface area contributed by atoms with E-state index in [-0.39, 0.29) is 21.2 Å². The summed E-state index contributed by atoms with van der Waals surface area (Å²) >= 11 is 11.7. The SMILES string of the molecule is COC(=O)c1ccc(C(=O)C=C(c2cc(Cl)cc(Cl)c2)C(F)(F)F)c2c1CCC2. The van der Waals surface area contributed by atoms with E-state index in [0.29, 0.717) is 42.0 Å². The molecule has 2 aromatic carbocycles. The van der Waals surface area contributed by atoms with Crippen LogP contribution < -0.4 is 0 Å². The Morgan fingerprint density at radius 3 is 2.10 bits per heavy atom. The molecular weight excluding hydrogens is 428 g/mol. The van der Waals surface area contributed by atoms with E-state index in [0.717, 1.165) is 12.1 Å². The first-order valence-electron chi connectivity index (χ1n) is 8.64. The highest BCUT2D eigenvalue weighted by Crippen LogP contribution is 2.37. The highest BCUT2D eigenvalue weighted by atomic mass is 35.5. The molecule has 0 heterocycles. The minimum atomic E-state index is -4.79. The fourth-order valence-corrected chi connectivity index (χ4v) is 4.01. The third-order valence-corrected chi connectivity index (χ3v) is 5.15. The van der Waals surface area contributed by atoms with Gasteiger partial charge in [-0.2, -0.15) is 13.2 Å². The first-order chi connectivity index (χ1) is 13.6. The third-order valence-electron chi connectivity index (χ3n) is 4.71. The second kappa shape index (κ2) is 8.20. The summed E-state index contributed by atoms with van der Waals surface area (Å²) in [5, 5.41) is 0.0526. The number of halogens is 5. The van der Waals surface area contributed by atoms with E-state index in [4.69, 9.17) is 27.9 Å². The number of carbonyl (C=O) groups excluding carboxylic acids is 2. The van der Waals surface area contributed by atoms with E-state index in [1.54, 1.807) is 0 Å². The van der Waals surface area contributed by atoms with Crippen molar-refractivity contribution in [3.8, 4) is 0 Å². The van der Waals surface area contributed by atoms with Crippen molar-refractivity contribution in [2.75, 3.05) is 7.11 Å². The molecule has 0 unspecified atom stereocenters. The van der Waals surface area contributed by atoms with E-state index >= 15 is 0 Å². The van der Waals surface area contributed by atoms with Gasteiger partial charge in [0.05, 0.1) is 18.2 Å². The van der Waals surface area contributed by atoms with Crippen molar-refractivity contribution in [3.05, 3.63) is 74.3 Å². The zero-order valence-electron chi connectivity index (χ0n) is 15.2. The van der Waals surface area contributed by atoms with Crippen LogP contribution in [-0.2, 0) is 17.6 Å². The second-order valence-corrected chi connectivity index (χ2v) is 7.41. The predicted octanol–water partition coefficient (Wildman–Crippen LogP) is 6.10. The van der Waals surface area contributed by atoms with Crippen molar-refractivity contribution in [2.45, 2.75) is 25.4 Å². The van der Waals surface area contributed by atoms with E-state index in [1.165, 1.54) is 25.3 Å². The summed E-state index contributed by atoms with van der Waals surface area (Å²) < 4.78 is 45.7. The Balaban J connectivity index is 2.10. The molecule has 1 aliphatic carbocycles. The van der Waals surface area contributed by atoms with Crippen LogP contribution in [0.5, 0.6) is 0 Å². The molecule has 3 nitrogen and oxygen atoms in total. The molecule has 0 saturated heterocycles. The summed E-state index contributed by atoms with van der Waals surface area (Å²) in [6, 6.07) is 6.30. The van der Waals surface area contributed by atoms with Gasteiger partial charge in [-0.1, -0.05) is 23.2 Å². The van der Waals surface area contributed by atoms with Gasteiger partial charge >= 0.3 is 12.1 Å². The molecular formula is C21H15Cl2F3O3.